The van der Waals surface area contributed by atoms with Gasteiger partial charge in [-0.3, -0.25) is 11.3 Å². The van der Waals surface area contributed by atoms with Crippen LogP contribution in [0.15, 0.2) is 41.0 Å². The van der Waals surface area contributed by atoms with Crippen LogP contribution >= 0.6 is 15.9 Å². The van der Waals surface area contributed by atoms with Crippen LogP contribution in [0.4, 0.5) is 5.82 Å². The first kappa shape index (κ1) is 14.0. The minimum Gasteiger partial charge on any atom is -0.383 e. The largest absolute Gasteiger partial charge is 0.383 e. The van der Waals surface area contributed by atoms with Crippen molar-refractivity contribution in [2.24, 2.45) is 5.84 Å². The third-order valence-corrected chi connectivity index (χ3v) is 3.54. The highest BCUT2D eigenvalue weighted by Gasteiger charge is 2.14. The number of halogens is 1. The third kappa shape index (κ3) is 3.53. The van der Waals surface area contributed by atoms with Crippen LogP contribution in [0, 0.1) is 6.92 Å². The van der Waals surface area contributed by atoms with Gasteiger partial charge in [0.15, 0.2) is 0 Å². The lowest BCUT2D eigenvalue weighted by Crippen LogP contribution is -2.30. The Morgan fingerprint density at radius 3 is 2.63 bits per heavy atom. The van der Waals surface area contributed by atoms with Crippen LogP contribution in [0.3, 0.4) is 0 Å². The van der Waals surface area contributed by atoms with Gasteiger partial charge in [0.25, 0.3) is 0 Å². The Kier molecular flexibility index (Phi) is 4.52. The number of nitrogens with two attached hydrogens (primary N) is 2. The van der Waals surface area contributed by atoms with Gasteiger partial charge in [0, 0.05) is 16.2 Å². The Morgan fingerprint density at radius 1 is 1.32 bits per heavy atom. The maximum absolute atomic E-state index is 5.93. The van der Waals surface area contributed by atoms with Crippen molar-refractivity contribution in [3.05, 3.63) is 57.7 Å². The lowest BCUT2D eigenvalue weighted by molar-refractivity contribution is 0.551. The van der Waals surface area contributed by atoms with Crippen LogP contribution in [0.1, 0.15) is 22.7 Å². The zero-order chi connectivity index (χ0) is 13.8. The van der Waals surface area contributed by atoms with Crippen LogP contribution in [0.25, 0.3) is 0 Å². The standard InChI is InChI=1S/C14H17BrN4/c1-9-6-12(14(16)18-8-9)13(19-17)7-10-2-4-11(15)5-3-10/h2-6,8,13,19H,7,17H2,1H3,(H2,16,18). The zero-order valence-electron chi connectivity index (χ0n) is 10.7. The predicted octanol–water partition coefficient (Wildman–Crippen LogP) is 2.48. The summed E-state index contributed by atoms with van der Waals surface area (Å²) in [6.07, 6.45) is 2.52. The molecule has 0 aliphatic heterocycles. The number of aryl methyl sites for hydroxylation is 1. The molecule has 19 heavy (non-hydrogen) atoms. The molecule has 100 valence electrons. The Bertz CT molecular complexity index is 554. The first-order valence-electron chi connectivity index (χ1n) is 6.02. The second-order valence-corrected chi connectivity index (χ2v) is 5.45. The molecule has 1 unspecified atom stereocenters. The third-order valence-electron chi connectivity index (χ3n) is 3.02. The van der Waals surface area contributed by atoms with Crippen LogP contribution in [0.2, 0.25) is 0 Å². The number of hydrogen-bond acceptors (Lipinski definition) is 4. The quantitative estimate of drug-likeness (QED) is 0.597. The van der Waals surface area contributed by atoms with Crippen molar-refractivity contribution in [1.82, 2.24) is 10.4 Å². The highest BCUT2D eigenvalue weighted by atomic mass is 79.9. The van der Waals surface area contributed by atoms with Crippen molar-refractivity contribution < 1.29 is 0 Å². The summed E-state index contributed by atoms with van der Waals surface area (Å²) in [5.41, 5.74) is 11.9. The number of hydrogen-bond donors (Lipinski definition) is 3. The van der Waals surface area contributed by atoms with E-state index in [0.717, 1.165) is 22.0 Å². The monoisotopic (exact) mass is 320 g/mol. The van der Waals surface area contributed by atoms with Crippen LogP contribution in [0.5, 0.6) is 0 Å². The molecule has 0 aliphatic carbocycles. The summed E-state index contributed by atoms with van der Waals surface area (Å²) < 4.78 is 1.06. The van der Waals surface area contributed by atoms with E-state index in [2.05, 4.69) is 38.5 Å². The van der Waals surface area contributed by atoms with Gasteiger partial charge in [-0.05, 0) is 42.7 Å². The molecule has 0 spiro atoms. The maximum atomic E-state index is 5.93. The number of nitrogen functional groups attached to an aromatic ring is 1. The molecule has 1 atom stereocenters. The van der Waals surface area contributed by atoms with E-state index in [9.17, 15) is 0 Å². The first-order valence-corrected chi connectivity index (χ1v) is 6.82. The molecular formula is C14H17BrN4. The Morgan fingerprint density at radius 2 is 2.00 bits per heavy atom. The molecular weight excluding hydrogens is 304 g/mol. The van der Waals surface area contributed by atoms with Gasteiger partial charge < -0.3 is 5.73 Å². The van der Waals surface area contributed by atoms with Crippen LogP contribution in [-0.4, -0.2) is 4.98 Å². The molecule has 0 saturated heterocycles. The molecule has 1 heterocycles. The summed E-state index contributed by atoms with van der Waals surface area (Å²) in [5, 5.41) is 0. The van der Waals surface area contributed by atoms with Crippen molar-refractivity contribution in [3.8, 4) is 0 Å². The number of hydrazine groups is 1. The van der Waals surface area contributed by atoms with E-state index in [1.54, 1.807) is 6.20 Å². The molecule has 5 heteroatoms. The van der Waals surface area contributed by atoms with E-state index < -0.39 is 0 Å². The van der Waals surface area contributed by atoms with Gasteiger partial charge >= 0.3 is 0 Å². The van der Waals surface area contributed by atoms with Crippen molar-refractivity contribution in [3.63, 3.8) is 0 Å². The summed E-state index contributed by atoms with van der Waals surface area (Å²) in [6.45, 7) is 1.99. The van der Waals surface area contributed by atoms with Gasteiger partial charge in [0.1, 0.15) is 5.82 Å². The van der Waals surface area contributed by atoms with E-state index in [1.165, 1.54) is 5.56 Å². The molecule has 2 aromatic rings. The van der Waals surface area contributed by atoms with Crippen molar-refractivity contribution in [2.75, 3.05) is 5.73 Å². The normalized spacial score (nSPS) is 12.4. The number of benzene rings is 1. The van der Waals surface area contributed by atoms with Crippen molar-refractivity contribution in [2.45, 2.75) is 19.4 Å². The molecule has 0 fully saturated rings. The van der Waals surface area contributed by atoms with Gasteiger partial charge in [-0.15, -0.1) is 0 Å². The number of nitrogens with zero attached hydrogens (tertiary/aromatic N) is 1. The number of pyridine rings is 1. The fourth-order valence-corrected chi connectivity index (χ4v) is 2.26. The van der Waals surface area contributed by atoms with E-state index in [4.69, 9.17) is 11.6 Å². The van der Waals surface area contributed by atoms with Gasteiger partial charge in [0.2, 0.25) is 0 Å². The summed E-state index contributed by atoms with van der Waals surface area (Å²) in [4.78, 5) is 4.18. The molecule has 2 rings (SSSR count). The molecule has 5 N–H and O–H groups in total. The van der Waals surface area contributed by atoms with Gasteiger partial charge in [0.05, 0.1) is 6.04 Å². The minimum atomic E-state index is -0.0476. The molecule has 4 nitrogen and oxygen atoms in total. The highest BCUT2D eigenvalue weighted by molar-refractivity contribution is 9.10. The fourth-order valence-electron chi connectivity index (χ4n) is 2.00. The highest BCUT2D eigenvalue weighted by Crippen LogP contribution is 2.23. The second-order valence-electron chi connectivity index (χ2n) is 4.54. The predicted molar refractivity (Wildman–Crippen MR) is 81.3 cm³/mol. The number of nitrogens with one attached hydrogen (secondary N) is 1. The van der Waals surface area contributed by atoms with Crippen LogP contribution in [-0.2, 0) is 6.42 Å². The average Bonchev–Trinajstić information content (AvgIpc) is 2.41. The molecule has 0 amide bonds. The molecule has 0 saturated carbocycles. The molecule has 0 aliphatic rings. The minimum absolute atomic E-state index is 0.0476. The van der Waals surface area contributed by atoms with Gasteiger partial charge in [-0.25, -0.2) is 4.98 Å². The Labute approximate surface area is 121 Å². The molecule has 1 aromatic carbocycles. The fraction of sp³-hybridized carbons (Fsp3) is 0.214. The number of rotatable bonds is 4. The van der Waals surface area contributed by atoms with E-state index in [1.807, 2.05) is 25.1 Å². The van der Waals surface area contributed by atoms with Gasteiger partial charge in [-0.2, -0.15) is 0 Å². The summed E-state index contributed by atoms with van der Waals surface area (Å²) in [5.74, 6) is 6.18. The van der Waals surface area contributed by atoms with Crippen molar-refractivity contribution >= 4 is 21.7 Å². The molecule has 1 aromatic heterocycles. The van der Waals surface area contributed by atoms with Crippen molar-refractivity contribution in [1.29, 1.82) is 0 Å². The first-order chi connectivity index (χ1) is 9.10. The smallest absolute Gasteiger partial charge is 0.128 e. The summed E-state index contributed by atoms with van der Waals surface area (Å²) in [6, 6.07) is 10.1. The average molecular weight is 321 g/mol. The molecule has 0 bridgehead atoms. The number of anilines is 1. The van der Waals surface area contributed by atoms with E-state index >= 15 is 0 Å². The maximum Gasteiger partial charge on any atom is 0.128 e. The lowest BCUT2D eigenvalue weighted by atomic mass is 9.99. The topological polar surface area (TPSA) is 77.0 Å². The lowest BCUT2D eigenvalue weighted by Gasteiger charge is -2.18. The van der Waals surface area contributed by atoms with Crippen LogP contribution < -0.4 is 17.0 Å². The number of aromatic nitrogens is 1. The second kappa shape index (κ2) is 6.14. The SMILES string of the molecule is Cc1cnc(N)c(C(Cc2ccc(Br)cc2)NN)c1. The Balaban J connectivity index is 2.24. The van der Waals surface area contributed by atoms with E-state index in [0.29, 0.717) is 5.82 Å². The summed E-state index contributed by atoms with van der Waals surface area (Å²) >= 11 is 3.42. The zero-order valence-corrected chi connectivity index (χ0v) is 12.3. The van der Waals surface area contributed by atoms with Gasteiger partial charge in [-0.1, -0.05) is 28.1 Å². The molecule has 0 radical (unpaired) electrons. The summed E-state index contributed by atoms with van der Waals surface area (Å²) in [7, 11) is 0. The Hall–Kier alpha value is -1.43. The van der Waals surface area contributed by atoms with E-state index in [-0.39, 0.29) is 6.04 Å².